The second-order valence-electron chi connectivity index (χ2n) is 6.65. The van der Waals surface area contributed by atoms with Gasteiger partial charge in [0.1, 0.15) is 5.65 Å². The van der Waals surface area contributed by atoms with Crippen molar-refractivity contribution in [3.05, 3.63) is 35.8 Å². The fraction of sp³-hybridized carbons (Fsp3) is 0.529. The Balaban J connectivity index is 0.00000144. The van der Waals surface area contributed by atoms with Gasteiger partial charge in [-0.2, -0.15) is 0 Å². The van der Waals surface area contributed by atoms with Crippen LogP contribution in [0.5, 0.6) is 0 Å². The maximum Gasteiger partial charge on any atom is 0.225 e. The largest absolute Gasteiger partial charge is 0.350 e. The minimum absolute atomic E-state index is 0. The number of hydrogen-bond acceptors (Lipinski definition) is 3. The number of fused-ring (bicyclic) bond motifs is 1. The Labute approximate surface area is 155 Å². The normalized spacial score (nSPS) is 23.2. The van der Waals surface area contributed by atoms with E-state index in [4.69, 9.17) is 5.73 Å². The Morgan fingerprint density at radius 2 is 2.17 bits per heavy atom. The maximum absolute atomic E-state index is 12.4. The molecule has 1 aliphatic rings. The number of nitrogens with two attached hydrogens (primary N) is 1. The molecule has 0 aliphatic heterocycles. The Kier molecular flexibility index (Phi) is 7.08. The van der Waals surface area contributed by atoms with Crippen LogP contribution in [0.25, 0.3) is 5.65 Å². The predicted octanol–water partition coefficient (Wildman–Crippen LogP) is 3.01. The smallest absolute Gasteiger partial charge is 0.225 e. The van der Waals surface area contributed by atoms with Gasteiger partial charge in [-0.3, -0.25) is 4.79 Å². The van der Waals surface area contributed by atoms with Crippen LogP contribution in [-0.4, -0.2) is 20.8 Å². The zero-order valence-corrected chi connectivity index (χ0v) is 15.8. The molecule has 5 nitrogen and oxygen atoms in total. The topological polar surface area (TPSA) is 72.4 Å². The number of nitrogens with one attached hydrogen (secondary N) is 1. The third kappa shape index (κ3) is 4.21. The highest BCUT2D eigenvalue weighted by molar-refractivity contribution is 5.85. The van der Waals surface area contributed by atoms with E-state index in [9.17, 15) is 4.79 Å². The molecule has 24 heavy (non-hydrogen) atoms. The van der Waals surface area contributed by atoms with Crippen LogP contribution in [-0.2, 0) is 11.3 Å². The molecule has 1 fully saturated rings. The van der Waals surface area contributed by atoms with Crippen molar-refractivity contribution in [3.63, 3.8) is 0 Å². The summed E-state index contributed by atoms with van der Waals surface area (Å²) >= 11 is 0. The Bertz CT molecular complexity index is 699. The first kappa shape index (κ1) is 20.7. The van der Waals surface area contributed by atoms with Crippen molar-refractivity contribution in [2.45, 2.75) is 51.6 Å². The molecule has 0 aromatic carbocycles. The van der Waals surface area contributed by atoms with E-state index in [1.807, 2.05) is 42.6 Å². The van der Waals surface area contributed by atoms with E-state index in [0.29, 0.717) is 6.54 Å². The standard InChI is InChI=1S/C17H24N4O.2ClH/c1-12-6-5-8-15-20-13(11-21(12)15)10-19-16(22)14-7-3-4-9-17(14,2)18;;/h5-6,8,11,14H,3-4,7,9-10,18H2,1-2H3,(H,19,22);2*1H. The average molecular weight is 373 g/mol. The summed E-state index contributed by atoms with van der Waals surface area (Å²) in [7, 11) is 0. The molecular formula is C17H26Cl2N4O. The molecule has 1 amide bonds. The molecule has 1 aliphatic carbocycles. The Hall–Kier alpha value is -1.30. The highest BCUT2D eigenvalue weighted by atomic mass is 35.5. The lowest BCUT2D eigenvalue weighted by Crippen LogP contribution is -2.52. The van der Waals surface area contributed by atoms with Gasteiger partial charge in [0.15, 0.2) is 0 Å². The van der Waals surface area contributed by atoms with Crippen molar-refractivity contribution < 1.29 is 4.79 Å². The van der Waals surface area contributed by atoms with Crippen LogP contribution in [0.1, 0.15) is 44.0 Å². The van der Waals surface area contributed by atoms with Gasteiger partial charge in [0.2, 0.25) is 5.91 Å². The monoisotopic (exact) mass is 372 g/mol. The number of carbonyl (C=O) groups excluding carboxylic acids is 1. The van der Waals surface area contributed by atoms with E-state index in [0.717, 1.165) is 42.7 Å². The summed E-state index contributed by atoms with van der Waals surface area (Å²) < 4.78 is 2.04. The summed E-state index contributed by atoms with van der Waals surface area (Å²) in [4.78, 5) is 17.0. The number of rotatable bonds is 3. The number of nitrogens with zero attached hydrogens (tertiary/aromatic N) is 2. The molecule has 3 N–H and O–H groups in total. The van der Waals surface area contributed by atoms with E-state index in [2.05, 4.69) is 10.3 Å². The van der Waals surface area contributed by atoms with Crippen LogP contribution in [0.2, 0.25) is 0 Å². The number of imidazole rings is 1. The molecule has 134 valence electrons. The molecular weight excluding hydrogens is 347 g/mol. The first-order chi connectivity index (χ1) is 10.5. The highest BCUT2D eigenvalue weighted by Crippen LogP contribution is 2.31. The van der Waals surface area contributed by atoms with Gasteiger partial charge < -0.3 is 15.5 Å². The zero-order chi connectivity index (χ0) is 15.7. The lowest BCUT2D eigenvalue weighted by Gasteiger charge is -2.37. The van der Waals surface area contributed by atoms with Gasteiger partial charge in [-0.15, -0.1) is 24.8 Å². The number of aryl methyl sites for hydroxylation is 1. The SMILES string of the molecule is Cc1cccc2nc(CNC(=O)C3CCCCC3(C)N)cn12.Cl.Cl. The lowest BCUT2D eigenvalue weighted by atomic mass is 9.74. The van der Waals surface area contributed by atoms with Crippen LogP contribution in [0.3, 0.4) is 0 Å². The van der Waals surface area contributed by atoms with Gasteiger partial charge in [0, 0.05) is 17.4 Å². The van der Waals surface area contributed by atoms with Gasteiger partial charge in [0.25, 0.3) is 0 Å². The average Bonchev–Trinajstić information content (AvgIpc) is 2.89. The molecule has 2 aromatic heterocycles. The fourth-order valence-electron chi connectivity index (χ4n) is 3.37. The summed E-state index contributed by atoms with van der Waals surface area (Å²) in [6.07, 6.45) is 5.97. The molecule has 3 rings (SSSR count). The molecule has 2 aromatic rings. The first-order valence-corrected chi connectivity index (χ1v) is 7.97. The third-order valence-electron chi connectivity index (χ3n) is 4.76. The number of aromatic nitrogens is 2. The summed E-state index contributed by atoms with van der Waals surface area (Å²) in [5, 5.41) is 3.01. The second-order valence-corrected chi connectivity index (χ2v) is 6.65. The van der Waals surface area contributed by atoms with Crippen LogP contribution in [0.15, 0.2) is 24.4 Å². The summed E-state index contributed by atoms with van der Waals surface area (Å²) in [5.74, 6) is -0.0431. The summed E-state index contributed by atoms with van der Waals surface area (Å²) in [6.45, 7) is 4.48. The lowest BCUT2D eigenvalue weighted by molar-refractivity contribution is -0.128. The summed E-state index contributed by atoms with van der Waals surface area (Å²) in [6, 6.07) is 6.00. The van der Waals surface area contributed by atoms with Crippen LogP contribution in [0, 0.1) is 12.8 Å². The Morgan fingerprint density at radius 3 is 2.83 bits per heavy atom. The Morgan fingerprint density at radius 1 is 1.42 bits per heavy atom. The van der Waals surface area contributed by atoms with Gasteiger partial charge in [-0.05, 0) is 38.8 Å². The quantitative estimate of drug-likeness (QED) is 0.869. The molecule has 0 saturated heterocycles. The van der Waals surface area contributed by atoms with Crippen LogP contribution >= 0.6 is 24.8 Å². The van der Waals surface area contributed by atoms with Crippen molar-refractivity contribution in [2.24, 2.45) is 11.7 Å². The highest BCUT2D eigenvalue weighted by Gasteiger charge is 2.37. The number of amides is 1. The third-order valence-corrected chi connectivity index (χ3v) is 4.76. The van der Waals surface area contributed by atoms with Gasteiger partial charge in [-0.25, -0.2) is 4.98 Å². The van der Waals surface area contributed by atoms with Crippen molar-refractivity contribution in [1.82, 2.24) is 14.7 Å². The van der Waals surface area contributed by atoms with Crippen LogP contribution < -0.4 is 11.1 Å². The van der Waals surface area contributed by atoms with Crippen molar-refractivity contribution in [1.29, 1.82) is 0 Å². The summed E-state index contributed by atoms with van der Waals surface area (Å²) in [5.41, 5.74) is 8.81. The molecule has 2 unspecified atom stereocenters. The van der Waals surface area contributed by atoms with E-state index in [1.54, 1.807) is 0 Å². The number of hydrogen-bond donors (Lipinski definition) is 2. The molecule has 1 saturated carbocycles. The second kappa shape index (κ2) is 8.19. The molecule has 2 atom stereocenters. The van der Waals surface area contributed by atoms with E-state index < -0.39 is 5.54 Å². The maximum atomic E-state index is 12.4. The van der Waals surface area contributed by atoms with Crippen LogP contribution in [0.4, 0.5) is 0 Å². The van der Waals surface area contributed by atoms with E-state index >= 15 is 0 Å². The van der Waals surface area contributed by atoms with Gasteiger partial charge >= 0.3 is 0 Å². The van der Waals surface area contributed by atoms with Crippen molar-refractivity contribution >= 4 is 36.4 Å². The number of carbonyl (C=O) groups is 1. The van der Waals surface area contributed by atoms with Gasteiger partial charge in [-0.1, -0.05) is 18.9 Å². The number of pyridine rings is 1. The molecule has 0 radical (unpaired) electrons. The zero-order valence-electron chi connectivity index (χ0n) is 14.1. The molecule has 7 heteroatoms. The predicted molar refractivity (Wildman–Crippen MR) is 101 cm³/mol. The minimum Gasteiger partial charge on any atom is -0.350 e. The molecule has 0 bridgehead atoms. The molecule has 2 heterocycles. The first-order valence-electron chi connectivity index (χ1n) is 7.97. The van der Waals surface area contributed by atoms with E-state index in [-0.39, 0.29) is 36.6 Å². The van der Waals surface area contributed by atoms with Crippen molar-refractivity contribution in [3.8, 4) is 0 Å². The van der Waals surface area contributed by atoms with Gasteiger partial charge in [0.05, 0.1) is 18.2 Å². The van der Waals surface area contributed by atoms with E-state index in [1.165, 1.54) is 0 Å². The van der Waals surface area contributed by atoms with Crippen molar-refractivity contribution in [2.75, 3.05) is 0 Å². The molecule has 0 spiro atoms. The fourth-order valence-corrected chi connectivity index (χ4v) is 3.37. The number of halogens is 2. The minimum atomic E-state index is -0.391.